The van der Waals surface area contributed by atoms with Crippen LogP contribution in [-0.4, -0.2) is 12.6 Å². The number of esters is 1. The molecule has 2 heteroatoms. The maximum absolute atomic E-state index is 10.4. The zero-order chi connectivity index (χ0) is 16.0. The normalized spacial score (nSPS) is 23.9. The molecule has 0 spiro atoms. The highest BCUT2D eigenvalue weighted by Crippen LogP contribution is 2.39. The molecule has 0 aromatic heterocycles. The first-order valence-electron chi connectivity index (χ1n) is 9.87. The fourth-order valence-corrected chi connectivity index (χ4v) is 3.96. The molecular formula is C20H38O2. The van der Waals surface area contributed by atoms with Gasteiger partial charge in [0, 0.05) is 6.92 Å². The molecule has 0 aliphatic heterocycles. The molecule has 2 fully saturated rings. The lowest BCUT2D eigenvalue weighted by atomic mass is 9.71. The van der Waals surface area contributed by atoms with E-state index in [0.29, 0.717) is 6.61 Å². The predicted octanol–water partition coefficient (Wildman–Crippen LogP) is 6.28. The molecule has 0 radical (unpaired) electrons. The number of rotatable bonds is 7. The van der Waals surface area contributed by atoms with E-state index in [1.165, 1.54) is 64.7 Å². The van der Waals surface area contributed by atoms with E-state index in [1.807, 2.05) is 0 Å². The standard InChI is InChI=1S/C10H20O2.C10H18/c1-3-4-5-6-7-8-9-12-10(2)11;1-2-6-10-8-4-3-7-9(10)5-1/h3-9H2,1-2H3;9-10H,1-8H2. The van der Waals surface area contributed by atoms with Gasteiger partial charge in [0.2, 0.25) is 0 Å². The van der Waals surface area contributed by atoms with Crippen molar-refractivity contribution < 1.29 is 9.53 Å². The average Bonchev–Trinajstić information content (AvgIpc) is 2.54. The summed E-state index contributed by atoms with van der Waals surface area (Å²) in [5.41, 5.74) is 0. The summed E-state index contributed by atoms with van der Waals surface area (Å²) in [5.74, 6) is 2.15. The molecule has 130 valence electrons. The Hall–Kier alpha value is -0.530. The fraction of sp³-hybridized carbons (Fsp3) is 0.950. The van der Waals surface area contributed by atoms with Crippen molar-refractivity contribution in [3.8, 4) is 0 Å². The molecule has 2 aliphatic carbocycles. The first-order valence-corrected chi connectivity index (χ1v) is 9.87. The Balaban J connectivity index is 0.000000222. The van der Waals surface area contributed by atoms with Gasteiger partial charge in [0.1, 0.15) is 0 Å². The summed E-state index contributed by atoms with van der Waals surface area (Å²) in [4.78, 5) is 10.4. The van der Waals surface area contributed by atoms with Gasteiger partial charge in [0.05, 0.1) is 6.61 Å². The second-order valence-corrected chi connectivity index (χ2v) is 7.20. The summed E-state index contributed by atoms with van der Waals surface area (Å²) in [5, 5.41) is 0. The molecule has 0 saturated heterocycles. The van der Waals surface area contributed by atoms with Crippen LogP contribution in [0.3, 0.4) is 0 Å². The van der Waals surface area contributed by atoms with E-state index in [9.17, 15) is 4.79 Å². The van der Waals surface area contributed by atoms with Crippen molar-refractivity contribution in [1.82, 2.24) is 0 Å². The molecule has 0 N–H and O–H groups in total. The highest BCUT2D eigenvalue weighted by atomic mass is 16.5. The van der Waals surface area contributed by atoms with E-state index < -0.39 is 0 Å². The van der Waals surface area contributed by atoms with Crippen LogP contribution in [0, 0.1) is 11.8 Å². The molecule has 2 saturated carbocycles. The summed E-state index contributed by atoms with van der Waals surface area (Å²) in [7, 11) is 0. The summed E-state index contributed by atoms with van der Waals surface area (Å²) >= 11 is 0. The zero-order valence-corrected chi connectivity index (χ0v) is 15.1. The lowest BCUT2D eigenvalue weighted by Gasteiger charge is -2.35. The van der Waals surface area contributed by atoms with Gasteiger partial charge in [-0.25, -0.2) is 0 Å². The quantitative estimate of drug-likeness (QED) is 0.409. The molecule has 2 rings (SSSR count). The van der Waals surface area contributed by atoms with E-state index in [0.717, 1.165) is 18.3 Å². The molecular weight excluding hydrogens is 272 g/mol. The molecule has 0 amide bonds. The first-order chi connectivity index (χ1) is 10.7. The monoisotopic (exact) mass is 310 g/mol. The molecule has 0 atom stereocenters. The Labute approximate surface area is 138 Å². The van der Waals surface area contributed by atoms with Crippen LogP contribution in [0.15, 0.2) is 0 Å². The van der Waals surface area contributed by atoms with Crippen LogP contribution in [0.25, 0.3) is 0 Å². The van der Waals surface area contributed by atoms with Gasteiger partial charge in [-0.2, -0.15) is 0 Å². The number of carbonyl (C=O) groups excluding carboxylic acids is 1. The van der Waals surface area contributed by atoms with E-state index in [2.05, 4.69) is 6.92 Å². The Morgan fingerprint density at radius 2 is 1.27 bits per heavy atom. The maximum atomic E-state index is 10.4. The molecule has 0 aromatic rings. The molecule has 2 aliphatic rings. The van der Waals surface area contributed by atoms with Crippen molar-refractivity contribution in [3.63, 3.8) is 0 Å². The van der Waals surface area contributed by atoms with Gasteiger partial charge < -0.3 is 4.74 Å². The van der Waals surface area contributed by atoms with Crippen LogP contribution in [0.2, 0.25) is 0 Å². The van der Waals surface area contributed by atoms with Crippen molar-refractivity contribution in [1.29, 1.82) is 0 Å². The van der Waals surface area contributed by atoms with Crippen LogP contribution < -0.4 is 0 Å². The largest absolute Gasteiger partial charge is 0.466 e. The number of carbonyl (C=O) groups is 1. The SMILES string of the molecule is C1CCC2CCCCC2C1.CCCCCCCCOC(C)=O. The van der Waals surface area contributed by atoms with Crippen molar-refractivity contribution in [2.24, 2.45) is 11.8 Å². The van der Waals surface area contributed by atoms with Crippen molar-refractivity contribution in [2.45, 2.75) is 104 Å². The minimum atomic E-state index is -0.163. The molecule has 0 bridgehead atoms. The smallest absolute Gasteiger partial charge is 0.302 e. The zero-order valence-electron chi connectivity index (χ0n) is 15.1. The Morgan fingerprint density at radius 3 is 1.73 bits per heavy atom. The van der Waals surface area contributed by atoms with Crippen molar-refractivity contribution >= 4 is 5.97 Å². The highest BCUT2D eigenvalue weighted by molar-refractivity contribution is 5.65. The summed E-state index contributed by atoms with van der Waals surface area (Å²) in [6, 6.07) is 0. The van der Waals surface area contributed by atoms with Gasteiger partial charge in [-0.3, -0.25) is 4.79 Å². The third kappa shape index (κ3) is 9.48. The predicted molar refractivity (Wildman–Crippen MR) is 93.9 cm³/mol. The van der Waals surface area contributed by atoms with Crippen molar-refractivity contribution in [3.05, 3.63) is 0 Å². The Morgan fingerprint density at radius 1 is 0.818 bits per heavy atom. The minimum absolute atomic E-state index is 0.163. The van der Waals surface area contributed by atoms with Crippen molar-refractivity contribution in [2.75, 3.05) is 6.61 Å². The van der Waals surface area contributed by atoms with Gasteiger partial charge in [-0.1, -0.05) is 90.4 Å². The third-order valence-corrected chi connectivity index (χ3v) is 5.27. The molecule has 22 heavy (non-hydrogen) atoms. The van der Waals surface area contributed by atoms with Crippen LogP contribution >= 0.6 is 0 Å². The fourth-order valence-electron chi connectivity index (χ4n) is 3.96. The van der Waals surface area contributed by atoms with Gasteiger partial charge in [-0.15, -0.1) is 0 Å². The van der Waals surface area contributed by atoms with Gasteiger partial charge in [-0.05, 0) is 18.3 Å². The number of ether oxygens (including phenoxy) is 1. The number of unbranched alkanes of at least 4 members (excludes halogenated alkanes) is 5. The summed E-state index contributed by atoms with van der Waals surface area (Å²) in [6.45, 7) is 4.26. The van der Waals surface area contributed by atoms with E-state index in [1.54, 1.807) is 25.7 Å². The minimum Gasteiger partial charge on any atom is -0.466 e. The third-order valence-electron chi connectivity index (χ3n) is 5.27. The average molecular weight is 311 g/mol. The second-order valence-electron chi connectivity index (χ2n) is 7.20. The van der Waals surface area contributed by atoms with E-state index in [4.69, 9.17) is 4.74 Å². The second kappa shape index (κ2) is 13.0. The highest BCUT2D eigenvalue weighted by Gasteiger charge is 2.26. The lowest BCUT2D eigenvalue weighted by molar-refractivity contribution is -0.141. The first kappa shape index (κ1) is 19.5. The summed E-state index contributed by atoms with van der Waals surface area (Å²) in [6.07, 6.45) is 19.8. The van der Waals surface area contributed by atoms with Gasteiger partial charge in [0.25, 0.3) is 0 Å². The van der Waals surface area contributed by atoms with Gasteiger partial charge in [0.15, 0.2) is 0 Å². The Kier molecular flexibility index (Phi) is 11.5. The van der Waals surface area contributed by atoms with Crippen LogP contribution in [0.4, 0.5) is 0 Å². The molecule has 2 nitrogen and oxygen atoms in total. The van der Waals surface area contributed by atoms with Crippen LogP contribution in [-0.2, 0) is 9.53 Å². The molecule has 0 unspecified atom stereocenters. The van der Waals surface area contributed by atoms with Gasteiger partial charge >= 0.3 is 5.97 Å². The van der Waals surface area contributed by atoms with E-state index >= 15 is 0 Å². The van der Waals surface area contributed by atoms with Crippen LogP contribution in [0.1, 0.15) is 104 Å². The molecule has 0 heterocycles. The lowest BCUT2D eigenvalue weighted by Crippen LogP contribution is -2.22. The molecule has 0 aromatic carbocycles. The Bertz CT molecular complexity index is 249. The number of fused-ring (bicyclic) bond motifs is 1. The van der Waals surface area contributed by atoms with Crippen LogP contribution in [0.5, 0.6) is 0 Å². The number of hydrogen-bond acceptors (Lipinski definition) is 2. The maximum Gasteiger partial charge on any atom is 0.302 e. The topological polar surface area (TPSA) is 26.3 Å². The number of hydrogen-bond donors (Lipinski definition) is 0. The summed E-state index contributed by atoms with van der Waals surface area (Å²) < 4.78 is 4.81. The van der Waals surface area contributed by atoms with E-state index in [-0.39, 0.29) is 5.97 Å².